The summed E-state index contributed by atoms with van der Waals surface area (Å²) in [5, 5.41) is 0. The van der Waals surface area contributed by atoms with Crippen molar-refractivity contribution in [1.82, 2.24) is 4.98 Å². The average molecular weight is 495 g/mol. The van der Waals surface area contributed by atoms with E-state index in [1.54, 1.807) is 40.1 Å². The number of carbonyl (C=O) groups excluding carboxylic acids is 3. The molecule has 0 radical (unpaired) electrons. The van der Waals surface area contributed by atoms with Crippen LogP contribution in [0.25, 0.3) is 11.1 Å². The number of pyridine rings is 1. The van der Waals surface area contributed by atoms with Crippen molar-refractivity contribution in [3.05, 3.63) is 76.9 Å². The Morgan fingerprint density at radius 3 is 2.28 bits per heavy atom. The van der Waals surface area contributed by atoms with Gasteiger partial charge < -0.3 is 9.47 Å². The lowest BCUT2D eigenvalue weighted by atomic mass is 10.00. The second-order valence-electron chi connectivity index (χ2n) is 9.21. The van der Waals surface area contributed by atoms with Gasteiger partial charge in [0.05, 0.1) is 25.0 Å². The first-order valence-corrected chi connectivity index (χ1v) is 11.3. The quantitative estimate of drug-likeness (QED) is 0.421. The highest BCUT2D eigenvalue weighted by atomic mass is 19.1. The standard InChI is InChI=1S/C27H31FN2O3.CO2/c1-17-10-8-9-11-23(17)20-12-21(28)14-22(13-20)30(26(31)33-27(4,5)6)16-24-19(3)25(32-7)18(2)15-29-24;2-1-3/h8-15H,16H2,1-7H3;. The van der Waals surface area contributed by atoms with E-state index < -0.39 is 17.5 Å². The van der Waals surface area contributed by atoms with Crippen LogP contribution in [0.4, 0.5) is 14.9 Å². The topological polar surface area (TPSA) is 85.8 Å². The van der Waals surface area contributed by atoms with Crippen molar-refractivity contribution < 1.29 is 28.2 Å². The van der Waals surface area contributed by atoms with E-state index in [0.717, 1.165) is 22.3 Å². The molecule has 0 unspecified atom stereocenters. The zero-order chi connectivity index (χ0) is 27.0. The van der Waals surface area contributed by atoms with Crippen molar-refractivity contribution in [1.29, 1.82) is 0 Å². The number of nitrogens with zero attached hydrogens (tertiary/aromatic N) is 2. The summed E-state index contributed by atoms with van der Waals surface area (Å²) in [4.78, 5) is 35.4. The Bertz CT molecular complexity index is 1260. The van der Waals surface area contributed by atoms with E-state index in [-0.39, 0.29) is 12.7 Å². The van der Waals surface area contributed by atoms with Crippen LogP contribution in [0.5, 0.6) is 5.75 Å². The van der Waals surface area contributed by atoms with Crippen LogP contribution in [0.2, 0.25) is 0 Å². The summed E-state index contributed by atoms with van der Waals surface area (Å²) in [6.45, 7) is 11.3. The molecule has 0 bridgehead atoms. The number of rotatable bonds is 5. The Kier molecular flexibility index (Phi) is 9.47. The molecule has 0 aliphatic rings. The van der Waals surface area contributed by atoms with E-state index in [4.69, 9.17) is 19.1 Å². The largest absolute Gasteiger partial charge is 0.496 e. The van der Waals surface area contributed by atoms with Crippen LogP contribution < -0.4 is 9.64 Å². The highest BCUT2D eigenvalue weighted by Crippen LogP contribution is 2.32. The molecule has 0 fully saturated rings. The molecule has 0 spiro atoms. The smallest absolute Gasteiger partial charge is 0.415 e. The maximum absolute atomic E-state index is 14.8. The van der Waals surface area contributed by atoms with Crippen molar-refractivity contribution in [3.8, 4) is 16.9 Å². The van der Waals surface area contributed by atoms with Gasteiger partial charge in [-0.1, -0.05) is 24.3 Å². The van der Waals surface area contributed by atoms with Crippen LogP contribution in [0.1, 0.15) is 43.2 Å². The first-order valence-electron chi connectivity index (χ1n) is 11.3. The summed E-state index contributed by atoms with van der Waals surface area (Å²) in [6, 6.07) is 12.4. The summed E-state index contributed by atoms with van der Waals surface area (Å²) >= 11 is 0. The highest BCUT2D eigenvalue weighted by molar-refractivity contribution is 5.89. The lowest BCUT2D eigenvalue weighted by Crippen LogP contribution is -2.37. The second kappa shape index (κ2) is 12.1. The third-order valence-electron chi connectivity index (χ3n) is 5.32. The van der Waals surface area contributed by atoms with Gasteiger partial charge in [-0.05, 0) is 76.4 Å². The predicted molar refractivity (Wildman–Crippen MR) is 134 cm³/mol. The average Bonchev–Trinajstić information content (AvgIpc) is 2.78. The Balaban J connectivity index is 0.00000145. The minimum Gasteiger partial charge on any atom is -0.496 e. The molecule has 0 aliphatic carbocycles. The van der Waals surface area contributed by atoms with Crippen LogP contribution >= 0.6 is 0 Å². The molecule has 0 aliphatic heterocycles. The van der Waals surface area contributed by atoms with Gasteiger partial charge in [-0.3, -0.25) is 9.88 Å². The summed E-state index contributed by atoms with van der Waals surface area (Å²) in [5.41, 5.74) is 4.63. The molecular formula is C28H31FN2O5. The lowest BCUT2D eigenvalue weighted by Gasteiger charge is -2.28. The molecule has 3 aromatic rings. The number of amides is 1. The molecule has 8 heteroatoms. The molecule has 7 nitrogen and oxygen atoms in total. The first-order chi connectivity index (χ1) is 16.9. The molecule has 2 aromatic carbocycles. The number of aryl methyl sites for hydroxylation is 2. The fourth-order valence-electron chi connectivity index (χ4n) is 3.74. The highest BCUT2D eigenvalue weighted by Gasteiger charge is 2.26. The van der Waals surface area contributed by atoms with Crippen LogP contribution in [-0.2, 0) is 20.9 Å². The number of aromatic nitrogens is 1. The van der Waals surface area contributed by atoms with Crippen molar-refractivity contribution in [2.24, 2.45) is 0 Å². The number of methoxy groups -OCH3 is 1. The molecule has 3 rings (SSSR count). The van der Waals surface area contributed by atoms with Crippen molar-refractivity contribution in [2.75, 3.05) is 12.0 Å². The number of anilines is 1. The van der Waals surface area contributed by atoms with Gasteiger partial charge in [0.2, 0.25) is 0 Å². The van der Waals surface area contributed by atoms with Crippen molar-refractivity contribution in [2.45, 2.75) is 53.7 Å². The number of hydrogen-bond donors (Lipinski definition) is 0. The Labute approximate surface area is 210 Å². The number of hydrogen-bond acceptors (Lipinski definition) is 6. The molecule has 0 atom stereocenters. The third-order valence-corrected chi connectivity index (χ3v) is 5.32. The maximum atomic E-state index is 14.8. The Morgan fingerprint density at radius 2 is 1.69 bits per heavy atom. The van der Waals surface area contributed by atoms with E-state index in [0.29, 0.717) is 22.7 Å². The zero-order valence-electron chi connectivity index (χ0n) is 21.6. The monoisotopic (exact) mass is 494 g/mol. The minimum atomic E-state index is -0.713. The summed E-state index contributed by atoms with van der Waals surface area (Å²) < 4.78 is 26.0. The van der Waals surface area contributed by atoms with Crippen molar-refractivity contribution >= 4 is 17.9 Å². The van der Waals surface area contributed by atoms with Gasteiger partial charge in [0.15, 0.2) is 0 Å². The second-order valence-corrected chi connectivity index (χ2v) is 9.21. The van der Waals surface area contributed by atoms with Crippen LogP contribution in [0.3, 0.4) is 0 Å². The maximum Gasteiger partial charge on any atom is 0.415 e. The summed E-state index contributed by atoms with van der Waals surface area (Å²) in [5.74, 6) is 0.273. The van der Waals surface area contributed by atoms with Gasteiger partial charge >= 0.3 is 12.2 Å². The van der Waals surface area contributed by atoms with E-state index in [1.165, 1.54) is 17.0 Å². The first kappa shape index (κ1) is 28.2. The van der Waals surface area contributed by atoms with Crippen LogP contribution in [0.15, 0.2) is 48.7 Å². The SMILES string of the molecule is COc1c(C)cnc(CN(C(=O)OC(C)(C)C)c2cc(F)cc(-c3ccccc3C)c2)c1C.O=C=O. The minimum absolute atomic E-state index is 0.105. The van der Waals surface area contributed by atoms with Gasteiger partial charge in [0, 0.05) is 17.3 Å². The van der Waals surface area contributed by atoms with Gasteiger partial charge in [-0.15, -0.1) is 0 Å². The van der Waals surface area contributed by atoms with Gasteiger partial charge in [-0.25, -0.2) is 9.18 Å². The predicted octanol–water partition coefficient (Wildman–Crippen LogP) is 6.18. The molecule has 1 heterocycles. The lowest BCUT2D eigenvalue weighted by molar-refractivity contribution is -0.191. The molecule has 36 heavy (non-hydrogen) atoms. The van der Waals surface area contributed by atoms with E-state index in [9.17, 15) is 9.18 Å². The Morgan fingerprint density at radius 1 is 1.06 bits per heavy atom. The molecule has 0 saturated carbocycles. The van der Waals surface area contributed by atoms with Gasteiger partial charge in [0.1, 0.15) is 17.2 Å². The normalized spacial score (nSPS) is 10.6. The third kappa shape index (κ3) is 7.23. The number of carbonyl (C=O) groups is 1. The van der Waals surface area contributed by atoms with Crippen LogP contribution in [-0.4, -0.2) is 29.9 Å². The molecule has 0 saturated heterocycles. The van der Waals surface area contributed by atoms with E-state index >= 15 is 0 Å². The summed E-state index contributed by atoms with van der Waals surface area (Å²) in [7, 11) is 1.60. The van der Waals surface area contributed by atoms with Gasteiger partial charge in [-0.2, -0.15) is 9.59 Å². The molecule has 1 aromatic heterocycles. The van der Waals surface area contributed by atoms with Crippen LogP contribution in [0, 0.1) is 26.6 Å². The van der Waals surface area contributed by atoms with E-state index in [2.05, 4.69) is 4.98 Å². The molecule has 190 valence electrons. The fourth-order valence-corrected chi connectivity index (χ4v) is 3.74. The molecular weight excluding hydrogens is 463 g/mol. The number of benzene rings is 2. The van der Waals surface area contributed by atoms with Crippen molar-refractivity contribution in [3.63, 3.8) is 0 Å². The van der Waals surface area contributed by atoms with E-state index in [1.807, 2.05) is 45.0 Å². The number of ether oxygens (including phenoxy) is 2. The zero-order valence-corrected chi connectivity index (χ0v) is 21.6. The summed E-state index contributed by atoms with van der Waals surface area (Å²) in [6.07, 6.45) is 1.38. The fraction of sp³-hybridized carbons (Fsp3) is 0.321. The van der Waals surface area contributed by atoms with Gasteiger partial charge in [0.25, 0.3) is 0 Å². The molecule has 0 N–H and O–H groups in total. The molecule has 1 amide bonds. The Hall–Kier alpha value is -4.03. The number of halogens is 1.